The Bertz CT molecular complexity index is 2850. The molecule has 734 valence electrons. The van der Waals surface area contributed by atoms with Gasteiger partial charge in [-0.1, -0.05) is 566 Å². The van der Waals surface area contributed by atoms with Crippen molar-refractivity contribution >= 4 is 17.7 Å². The number of allylic oxidation sites excluding steroid dienone is 3. The van der Waals surface area contributed by atoms with Crippen molar-refractivity contribution in [2.45, 2.75) is 525 Å². The molecule has 0 aliphatic heterocycles. The van der Waals surface area contributed by atoms with Crippen LogP contribution >= 0.6 is 11.6 Å². The molecule has 2 aromatic carbocycles. The van der Waals surface area contributed by atoms with E-state index in [1.54, 1.807) is 0 Å². The van der Waals surface area contributed by atoms with Gasteiger partial charge in [-0.05, 0) is 196 Å². The average molecular weight is 1750 g/mol. The lowest BCUT2D eigenvalue weighted by atomic mass is 9.72. The molecule has 0 spiro atoms. The van der Waals surface area contributed by atoms with Crippen molar-refractivity contribution in [1.29, 1.82) is 0 Å². The minimum atomic E-state index is 0. The SMILES string of the molecule is C=CC1C(CC)C1(C)C.C=CC1C(CC)C1(C)C.CCC1C(C)CCCC1C.CCC1C(C=Cc2ccc(C)cc2)C1(C)C.CCC1CC1.CCC1CC1.CCC1CC1(C)Cl.CCC1CC1(C)c1ccccc1.CCC1CC1C.CCC1CCC(C)CC1.CCC1CCC(C)CC1.CCC1CCCCC1.CCCC1CCCCC1.CCCCC1CCCCC1.[HH].[HH].[HH].[HH].[HH].[HH]. The molecule has 0 N–H and O–H groups in total. The molecule has 14 aliphatic carbocycles. The maximum absolute atomic E-state index is 5.91. The number of alkyl halides is 1. The van der Waals surface area contributed by atoms with E-state index in [9.17, 15) is 0 Å². The number of unbranched alkanes of at least 4 members (excludes halogenated alkanes) is 1. The third-order valence-electron chi connectivity index (χ3n) is 35.4. The summed E-state index contributed by atoms with van der Waals surface area (Å²) in [6.07, 6.45) is 81.6. The fraction of sp³-hybridized carbons (Fsp3) is 0.854. The van der Waals surface area contributed by atoms with Gasteiger partial charge in [0.25, 0.3) is 0 Å². The largest absolute Gasteiger partial charge is 0.119 e. The van der Waals surface area contributed by atoms with Crippen LogP contribution in [0.2, 0.25) is 0 Å². The Labute approximate surface area is 795 Å². The van der Waals surface area contributed by atoms with Crippen molar-refractivity contribution < 1.29 is 8.56 Å². The van der Waals surface area contributed by atoms with Gasteiger partial charge in [0.05, 0.1) is 0 Å². The predicted octanol–water partition coefficient (Wildman–Crippen LogP) is 43.3. The third kappa shape index (κ3) is 46.1. The topological polar surface area (TPSA) is 0 Å². The van der Waals surface area contributed by atoms with Gasteiger partial charge in [0, 0.05) is 13.4 Å². The molecule has 0 radical (unpaired) electrons. The molecule has 0 heterocycles. The van der Waals surface area contributed by atoms with Crippen molar-refractivity contribution in [3.05, 3.63) is 103 Å². The van der Waals surface area contributed by atoms with Crippen LogP contribution in [-0.2, 0) is 5.41 Å². The normalized spacial score (nSPS) is 32.6. The number of aryl methyl sites for hydroxylation is 1. The fourth-order valence-electron chi connectivity index (χ4n) is 23.6. The second-order valence-electron chi connectivity index (χ2n) is 46.5. The molecule has 2 aromatic rings. The van der Waals surface area contributed by atoms with Crippen LogP contribution < -0.4 is 0 Å². The van der Waals surface area contributed by atoms with Gasteiger partial charge in [0.1, 0.15) is 0 Å². The summed E-state index contributed by atoms with van der Waals surface area (Å²) in [4.78, 5) is 0.189. The van der Waals surface area contributed by atoms with Crippen LogP contribution in [0, 0.1) is 153 Å². The molecule has 0 nitrogen and oxygen atoms in total. The summed E-state index contributed by atoms with van der Waals surface area (Å²) in [5.74, 6) is 21.7. The summed E-state index contributed by atoms with van der Waals surface area (Å²) in [6.45, 7) is 72.2. The lowest BCUT2D eigenvalue weighted by molar-refractivity contribution is 0.174. The maximum atomic E-state index is 5.91. The molecule has 0 amide bonds. The quantitative estimate of drug-likeness (QED) is 0.0814. The van der Waals surface area contributed by atoms with Gasteiger partial charge < -0.3 is 0 Å². The van der Waals surface area contributed by atoms with Crippen molar-refractivity contribution in [3.63, 3.8) is 0 Å². The van der Waals surface area contributed by atoms with Crippen LogP contribution in [0.1, 0.15) is 533 Å². The summed E-state index contributed by atoms with van der Waals surface area (Å²) >= 11 is 5.91. The van der Waals surface area contributed by atoms with E-state index in [4.69, 9.17) is 11.6 Å². The van der Waals surface area contributed by atoms with Crippen LogP contribution in [0.25, 0.3) is 6.08 Å². The first kappa shape index (κ1) is 116. The van der Waals surface area contributed by atoms with E-state index in [0.717, 1.165) is 130 Å². The first-order valence-electron chi connectivity index (χ1n) is 55.9. The summed E-state index contributed by atoms with van der Waals surface area (Å²) < 4.78 is 0. The minimum absolute atomic E-state index is 0. The van der Waals surface area contributed by atoms with E-state index in [-0.39, 0.29) is 13.4 Å². The first-order chi connectivity index (χ1) is 59.2. The Morgan fingerprint density at radius 3 is 0.960 bits per heavy atom. The zero-order valence-electron chi connectivity index (χ0n) is 89.4. The van der Waals surface area contributed by atoms with E-state index < -0.39 is 0 Å². The smallest absolute Gasteiger partial charge is 0.0450 e. The highest BCUT2D eigenvalue weighted by Gasteiger charge is 2.56. The van der Waals surface area contributed by atoms with Gasteiger partial charge in [0.2, 0.25) is 0 Å². The zero-order chi connectivity index (χ0) is 92.5. The highest BCUT2D eigenvalue weighted by atomic mass is 35.5. The maximum Gasteiger partial charge on any atom is 0.0450 e. The number of hydrogen-bond acceptors (Lipinski definition) is 0. The Morgan fingerprint density at radius 2 is 0.710 bits per heavy atom. The molecule has 0 aromatic heterocycles. The molecule has 0 bridgehead atoms. The van der Waals surface area contributed by atoms with Crippen LogP contribution in [-0.4, -0.2) is 4.87 Å². The van der Waals surface area contributed by atoms with Gasteiger partial charge in [-0.3, -0.25) is 0 Å². The molecule has 0 saturated heterocycles. The second kappa shape index (κ2) is 63.2. The lowest BCUT2D eigenvalue weighted by Crippen LogP contribution is -2.23. The minimum Gasteiger partial charge on any atom is -0.119 e. The van der Waals surface area contributed by atoms with Crippen LogP contribution in [0.15, 0.2) is 86.0 Å². The van der Waals surface area contributed by atoms with Gasteiger partial charge in [-0.15, -0.1) is 24.8 Å². The molecule has 14 atom stereocenters. The van der Waals surface area contributed by atoms with Crippen LogP contribution in [0.5, 0.6) is 0 Å². The summed E-state index contributed by atoms with van der Waals surface area (Å²) in [7, 11) is 0. The van der Waals surface area contributed by atoms with Gasteiger partial charge in [0.15, 0.2) is 0 Å². The summed E-state index contributed by atoms with van der Waals surface area (Å²) in [6, 6.07) is 19.6. The molecule has 14 fully saturated rings. The van der Waals surface area contributed by atoms with Crippen molar-refractivity contribution in [1.82, 2.24) is 0 Å². The van der Waals surface area contributed by atoms with Crippen molar-refractivity contribution in [2.24, 2.45) is 146 Å². The summed E-state index contributed by atoms with van der Waals surface area (Å²) in [5.41, 5.74) is 6.34. The standard InChI is InChI=1S/C16H22.C12H16.2C10H20.2C9H16.3C9H18.C8H16.C6H11Cl.C6H12.2C5H10.6H2/c1-5-14-15(16(14,3)4)11-10-13-8-6-12(2)7-9-13;1-3-10-9-12(10,2)11-7-5-4-6-8-11;1-4-10-8(2)6-5-7-9(10)3;1-2-3-7-10-8-5-4-6-9-10;2*1-5-7-8(6-2)9(7,3)4;2*1-3-9-6-4-8(2)5-7-9;1-2-6-9-7-4-3-5-8-9;1-2-8-6-4-3-5-7-8;1-3-5-4-6(5,2)7;1-3-6-4-5(6)2;2*1-2-5-3-4-5;;;;;;/h6-11,14-15H,5H2,1-4H3;4-8,10H,3,9H2,1-2H3;8-10H,4-7H2,1-3H3;10H,2-9H2,1H3;2*5,7-8H,1,6H2,2-4H3;2*8-9H,3-7H2,1-2H3;9H,2-8H2,1H3;8H,2-7H2,1H3;5H,3-4H2,1-2H3;5-6H,3-4H2,1-2H3;2*5H,2-4H2,1H3;6*1H. The van der Waals surface area contributed by atoms with E-state index >= 15 is 0 Å². The Balaban J connectivity index is -0.000000661. The van der Waals surface area contributed by atoms with E-state index in [1.807, 2.05) is 0 Å². The Kier molecular flexibility index (Phi) is 59.2. The number of benzene rings is 2. The molecule has 16 rings (SSSR count). The Hall–Kier alpha value is -2.05. The third-order valence-corrected chi connectivity index (χ3v) is 35.9. The molecule has 14 unspecified atom stereocenters. The molecular weight excluding hydrogens is 1510 g/mol. The molecule has 14 saturated carbocycles. The van der Waals surface area contributed by atoms with Crippen molar-refractivity contribution in [3.8, 4) is 0 Å². The van der Waals surface area contributed by atoms with Gasteiger partial charge in [-0.25, -0.2) is 0 Å². The predicted molar refractivity (Wildman–Crippen MR) is 578 cm³/mol. The molecular formula is C123H235Cl. The van der Waals surface area contributed by atoms with E-state index in [1.165, 1.54) is 338 Å². The van der Waals surface area contributed by atoms with Crippen LogP contribution in [0.3, 0.4) is 0 Å². The van der Waals surface area contributed by atoms with E-state index in [2.05, 4.69) is 286 Å². The van der Waals surface area contributed by atoms with Gasteiger partial charge in [-0.2, -0.15) is 0 Å². The number of halogens is 1. The van der Waals surface area contributed by atoms with Gasteiger partial charge >= 0.3 is 0 Å². The highest BCUT2D eigenvalue weighted by molar-refractivity contribution is 6.25. The highest BCUT2D eigenvalue weighted by Crippen LogP contribution is 2.62. The first-order valence-corrected chi connectivity index (χ1v) is 56.3. The summed E-state index contributed by atoms with van der Waals surface area (Å²) in [5, 5.41) is 0. The average Bonchev–Trinajstić information content (AvgIpc) is 1.61. The molecule has 124 heavy (non-hydrogen) atoms. The number of hydrogen-bond donors (Lipinski definition) is 0. The lowest BCUT2D eigenvalue weighted by Gasteiger charge is -2.33. The Morgan fingerprint density at radius 1 is 0.355 bits per heavy atom. The van der Waals surface area contributed by atoms with E-state index in [0.29, 0.717) is 21.7 Å². The van der Waals surface area contributed by atoms with Crippen molar-refractivity contribution in [2.75, 3.05) is 0 Å². The zero-order valence-corrected chi connectivity index (χ0v) is 90.1. The molecule has 1 heteroatoms. The monoisotopic (exact) mass is 1750 g/mol. The van der Waals surface area contributed by atoms with Crippen LogP contribution in [0.4, 0.5) is 0 Å². The number of rotatable bonds is 22. The second-order valence-corrected chi connectivity index (χ2v) is 47.3. The fourth-order valence-corrected chi connectivity index (χ4v) is 24.0. The molecule has 14 aliphatic rings.